The lowest BCUT2D eigenvalue weighted by atomic mass is 10.3. The monoisotopic (exact) mass is 250 g/mol. The minimum atomic E-state index is 0.0395. The van der Waals surface area contributed by atoms with Crippen LogP contribution in [0, 0.1) is 0 Å². The average molecular weight is 250 g/mol. The van der Waals surface area contributed by atoms with Crippen LogP contribution in [0.5, 0.6) is 5.75 Å². The Kier molecular flexibility index (Phi) is 4.52. The molecule has 5 nitrogen and oxygen atoms in total. The first kappa shape index (κ1) is 12.8. The molecule has 98 valence electrons. The van der Waals surface area contributed by atoms with Crippen molar-refractivity contribution in [1.82, 2.24) is 9.88 Å². The van der Waals surface area contributed by atoms with Crippen LogP contribution < -0.4 is 4.74 Å². The zero-order chi connectivity index (χ0) is 12.8. The molecule has 5 heteroatoms. The molecule has 1 aliphatic rings. The molecule has 0 saturated carbocycles. The first-order valence-electron chi connectivity index (χ1n) is 6.21. The quantitative estimate of drug-likeness (QED) is 0.785. The van der Waals surface area contributed by atoms with Crippen LogP contribution in [-0.2, 0) is 9.53 Å². The van der Waals surface area contributed by atoms with E-state index in [4.69, 9.17) is 9.47 Å². The molecule has 1 atom stereocenters. The summed E-state index contributed by atoms with van der Waals surface area (Å²) < 4.78 is 10.9. The predicted molar refractivity (Wildman–Crippen MR) is 66.3 cm³/mol. The Balaban J connectivity index is 1.80. The highest BCUT2D eigenvalue weighted by Gasteiger charge is 2.27. The SMILES string of the molecule is CCOCC(=O)N1CC[C@@H](Oc2ccncc2)C1. The molecule has 1 fully saturated rings. The fraction of sp³-hybridized carbons (Fsp3) is 0.538. The Morgan fingerprint density at radius 2 is 2.28 bits per heavy atom. The van der Waals surface area contributed by atoms with Crippen molar-refractivity contribution in [2.75, 3.05) is 26.3 Å². The van der Waals surface area contributed by atoms with Gasteiger partial charge in [-0.3, -0.25) is 9.78 Å². The molecule has 0 aliphatic carbocycles. The van der Waals surface area contributed by atoms with Crippen molar-refractivity contribution < 1.29 is 14.3 Å². The van der Waals surface area contributed by atoms with Gasteiger partial charge in [0.2, 0.25) is 5.91 Å². The number of ether oxygens (including phenoxy) is 2. The van der Waals surface area contributed by atoms with Gasteiger partial charge in [-0.2, -0.15) is 0 Å². The summed E-state index contributed by atoms with van der Waals surface area (Å²) in [7, 11) is 0. The molecule has 1 aromatic rings. The van der Waals surface area contributed by atoms with E-state index < -0.39 is 0 Å². The van der Waals surface area contributed by atoms with Crippen LogP contribution in [0.1, 0.15) is 13.3 Å². The Bertz CT molecular complexity index is 383. The van der Waals surface area contributed by atoms with Crippen molar-refractivity contribution >= 4 is 5.91 Å². The number of hydrogen-bond acceptors (Lipinski definition) is 4. The third-order valence-electron chi connectivity index (χ3n) is 2.88. The maximum atomic E-state index is 11.7. The highest BCUT2D eigenvalue weighted by Crippen LogP contribution is 2.17. The first-order chi connectivity index (χ1) is 8.79. The fourth-order valence-corrected chi connectivity index (χ4v) is 1.94. The first-order valence-corrected chi connectivity index (χ1v) is 6.21. The molecule has 1 aromatic heterocycles. The molecule has 18 heavy (non-hydrogen) atoms. The van der Waals surface area contributed by atoms with E-state index in [-0.39, 0.29) is 18.6 Å². The van der Waals surface area contributed by atoms with Crippen molar-refractivity contribution in [3.05, 3.63) is 24.5 Å². The second kappa shape index (κ2) is 6.35. The van der Waals surface area contributed by atoms with Gasteiger partial charge in [-0.05, 0) is 19.1 Å². The van der Waals surface area contributed by atoms with E-state index in [0.29, 0.717) is 13.2 Å². The van der Waals surface area contributed by atoms with Crippen LogP contribution in [0.2, 0.25) is 0 Å². The fourth-order valence-electron chi connectivity index (χ4n) is 1.94. The van der Waals surface area contributed by atoms with Crippen LogP contribution in [0.15, 0.2) is 24.5 Å². The van der Waals surface area contributed by atoms with Crippen LogP contribution in [-0.4, -0.2) is 48.2 Å². The molecule has 1 amide bonds. The number of carbonyl (C=O) groups is 1. The third kappa shape index (κ3) is 3.43. The van der Waals surface area contributed by atoms with Crippen LogP contribution in [0.4, 0.5) is 0 Å². The van der Waals surface area contributed by atoms with E-state index >= 15 is 0 Å². The minimum absolute atomic E-state index is 0.0395. The van der Waals surface area contributed by atoms with Gasteiger partial charge in [-0.15, -0.1) is 0 Å². The van der Waals surface area contributed by atoms with E-state index in [9.17, 15) is 4.79 Å². The summed E-state index contributed by atoms with van der Waals surface area (Å²) in [4.78, 5) is 17.5. The van der Waals surface area contributed by atoms with Gasteiger partial charge in [0.25, 0.3) is 0 Å². The number of hydrogen-bond donors (Lipinski definition) is 0. The normalized spacial score (nSPS) is 18.9. The van der Waals surface area contributed by atoms with Gasteiger partial charge < -0.3 is 14.4 Å². The van der Waals surface area contributed by atoms with Crippen molar-refractivity contribution in [1.29, 1.82) is 0 Å². The molecule has 0 bridgehead atoms. The maximum absolute atomic E-state index is 11.7. The van der Waals surface area contributed by atoms with E-state index in [2.05, 4.69) is 4.98 Å². The molecular formula is C13H18N2O3. The topological polar surface area (TPSA) is 51.7 Å². The van der Waals surface area contributed by atoms with Gasteiger partial charge >= 0.3 is 0 Å². The Labute approximate surface area is 107 Å². The van der Waals surface area contributed by atoms with E-state index in [1.165, 1.54) is 0 Å². The number of nitrogens with zero attached hydrogens (tertiary/aromatic N) is 2. The zero-order valence-electron chi connectivity index (χ0n) is 10.5. The number of carbonyl (C=O) groups excluding carboxylic acids is 1. The van der Waals surface area contributed by atoms with Crippen molar-refractivity contribution in [3.63, 3.8) is 0 Å². The predicted octanol–water partition coefficient (Wildman–Crippen LogP) is 1.10. The Hall–Kier alpha value is -1.62. The van der Waals surface area contributed by atoms with Crippen LogP contribution in [0.25, 0.3) is 0 Å². The van der Waals surface area contributed by atoms with Crippen molar-refractivity contribution in [3.8, 4) is 5.75 Å². The molecular weight excluding hydrogens is 232 g/mol. The van der Waals surface area contributed by atoms with Gasteiger partial charge in [0, 0.05) is 32.0 Å². The molecule has 0 aromatic carbocycles. The second-order valence-electron chi connectivity index (χ2n) is 4.19. The summed E-state index contributed by atoms with van der Waals surface area (Å²) in [6.45, 7) is 3.98. The summed E-state index contributed by atoms with van der Waals surface area (Å²) in [6, 6.07) is 3.65. The lowest BCUT2D eigenvalue weighted by Crippen LogP contribution is -2.33. The van der Waals surface area contributed by atoms with Gasteiger partial charge in [0.05, 0.1) is 6.54 Å². The number of amides is 1. The van der Waals surface area contributed by atoms with Gasteiger partial charge in [0.15, 0.2) is 0 Å². The summed E-state index contributed by atoms with van der Waals surface area (Å²) in [5.41, 5.74) is 0. The third-order valence-corrected chi connectivity index (χ3v) is 2.88. The molecule has 0 radical (unpaired) electrons. The average Bonchev–Trinajstić information content (AvgIpc) is 2.86. The summed E-state index contributed by atoms with van der Waals surface area (Å²) >= 11 is 0. The highest BCUT2D eigenvalue weighted by molar-refractivity contribution is 5.77. The number of likely N-dealkylation sites (tertiary alicyclic amines) is 1. The van der Waals surface area contributed by atoms with E-state index in [0.717, 1.165) is 18.7 Å². The summed E-state index contributed by atoms with van der Waals surface area (Å²) in [6.07, 6.45) is 4.32. The zero-order valence-corrected chi connectivity index (χ0v) is 10.5. The lowest BCUT2D eigenvalue weighted by molar-refractivity contribution is -0.135. The van der Waals surface area contributed by atoms with E-state index in [1.807, 2.05) is 19.1 Å². The van der Waals surface area contributed by atoms with Crippen molar-refractivity contribution in [2.45, 2.75) is 19.4 Å². The molecule has 2 heterocycles. The molecule has 2 rings (SSSR count). The van der Waals surface area contributed by atoms with Crippen LogP contribution in [0.3, 0.4) is 0 Å². The second-order valence-corrected chi connectivity index (χ2v) is 4.19. The summed E-state index contributed by atoms with van der Waals surface area (Å²) in [5.74, 6) is 0.840. The number of aromatic nitrogens is 1. The number of rotatable bonds is 5. The van der Waals surface area contributed by atoms with Gasteiger partial charge in [0.1, 0.15) is 18.5 Å². The molecule has 1 aliphatic heterocycles. The highest BCUT2D eigenvalue weighted by atomic mass is 16.5. The molecule has 0 spiro atoms. The largest absolute Gasteiger partial charge is 0.488 e. The maximum Gasteiger partial charge on any atom is 0.248 e. The standard InChI is InChI=1S/C13H18N2O3/c1-2-17-10-13(16)15-8-5-12(9-15)18-11-3-6-14-7-4-11/h3-4,6-7,12H,2,5,8-10H2,1H3/t12-/m1/s1. The number of pyridine rings is 1. The van der Waals surface area contributed by atoms with E-state index in [1.54, 1.807) is 17.3 Å². The van der Waals surface area contributed by atoms with Crippen LogP contribution >= 0.6 is 0 Å². The van der Waals surface area contributed by atoms with Crippen molar-refractivity contribution in [2.24, 2.45) is 0 Å². The van der Waals surface area contributed by atoms with Gasteiger partial charge in [-0.25, -0.2) is 0 Å². The Morgan fingerprint density at radius 1 is 1.50 bits per heavy atom. The lowest BCUT2D eigenvalue weighted by Gasteiger charge is -2.17. The molecule has 1 saturated heterocycles. The molecule has 0 N–H and O–H groups in total. The minimum Gasteiger partial charge on any atom is -0.488 e. The summed E-state index contributed by atoms with van der Waals surface area (Å²) in [5, 5.41) is 0. The molecule has 0 unspecified atom stereocenters. The van der Waals surface area contributed by atoms with Gasteiger partial charge in [-0.1, -0.05) is 0 Å². The smallest absolute Gasteiger partial charge is 0.248 e. The Morgan fingerprint density at radius 3 is 3.00 bits per heavy atom.